The average Bonchev–Trinajstić information content (AvgIpc) is 2.40. The lowest BCUT2D eigenvalue weighted by Crippen LogP contribution is -2.48. The summed E-state index contributed by atoms with van der Waals surface area (Å²) in [6, 6.07) is 7.15. The number of carbonyl (C=O) groups excluding carboxylic acids is 1. The number of halogens is 1. The van der Waals surface area contributed by atoms with Crippen LogP contribution in [0.2, 0.25) is 0 Å². The van der Waals surface area contributed by atoms with Gasteiger partial charge >= 0.3 is 0 Å². The lowest BCUT2D eigenvalue weighted by molar-refractivity contribution is -0.131. The number of benzene rings is 1. The summed E-state index contributed by atoms with van der Waals surface area (Å²) in [5.41, 5.74) is 1.08. The Kier molecular flexibility index (Phi) is 4.31. The first-order chi connectivity index (χ1) is 8.70. The highest BCUT2D eigenvalue weighted by molar-refractivity contribution is 6.18. The van der Waals surface area contributed by atoms with Crippen LogP contribution in [-0.4, -0.2) is 48.0 Å². The molecule has 0 spiro atoms. The van der Waals surface area contributed by atoms with E-state index in [4.69, 9.17) is 11.6 Å². The zero-order valence-corrected chi connectivity index (χ0v) is 10.9. The van der Waals surface area contributed by atoms with Crippen molar-refractivity contribution in [2.75, 3.05) is 37.0 Å². The molecule has 1 aromatic carbocycles. The Hall–Kier alpha value is -1.42. The molecule has 0 atom stereocenters. The Bertz CT molecular complexity index is 400. The lowest BCUT2D eigenvalue weighted by atomic mass is 10.2. The molecular formula is C13H17ClN2O2. The highest BCUT2D eigenvalue weighted by Crippen LogP contribution is 2.19. The van der Waals surface area contributed by atoms with Gasteiger partial charge in [-0.15, -0.1) is 11.6 Å². The molecule has 0 unspecified atom stereocenters. The fourth-order valence-electron chi connectivity index (χ4n) is 2.12. The number of hydrogen-bond acceptors (Lipinski definition) is 3. The van der Waals surface area contributed by atoms with E-state index in [1.54, 1.807) is 12.1 Å². The zero-order chi connectivity index (χ0) is 13.0. The van der Waals surface area contributed by atoms with Gasteiger partial charge in [0.2, 0.25) is 5.91 Å². The van der Waals surface area contributed by atoms with E-state index in [9.17, 15) is 9.90 Å². The number of phenolic OH excluding ortho intramolecular Hbond substituents is 1. The molecule has 1 aliphatic rings. The molecule has 98 valence electrons. The van der Waals surface area contributed by atoms with E-state index < -0.39 is 0 Å². The van der Waals surface area contributed by atoms with Crippen LogP contribution >= 0.6 is 11.6 Å². The van der Waals surface area contributed by atoms with Crippen LogP contribution in [0, 0.1) is 0 Å². The number of anilines is 1. The number of hydrogen-bond donors (Lipinski definition) is 1. The number of amides is 1. The first kappa shape index (κ1) is 13.0. The summed E-state index contributed by atoms with van der Waals surface area (Å²) in [6.45, 7) is 3.10. The molecule has 1 aliphatic heterocycles. The lowest BCUT2D eigenvalue weighted by Gasteiger charge is -2.36. The van der Waals surface area contributed by atoms with Gasteiger partial charge in [-0.25, -0.2) is 0 Å². The molecule has 1 fully saturated rings. The Balaban J connectivity index is 1.90. The van der Waals surface area contributed by atoms with Gasteiger partial charge in [-0.2, -0.15) is 0 Å². The maximum absolute atomic E-state index is 11.7. The highest BCUT2D eigenvalue weighted by atomic mass is 35.5. The van der Waals surface area contributed by atoms with Crippen LogP contribution in [0.25, 0.3) is 0 Å². The molecule has 1 heterocycles. The quantitative estimate of drug-likeness (QED) is 0.848. The van der Waals surface area contributed by atoms with Gasteiger partial charge in [-0.1, -0.05) is 0 Å². The highest BCUT2D eigenvalue weighted by Gasteiger charge is 2.20. The summed E-state index contributed by atoms with van der Waals surface area (Å²) in [7, 11) is 0. The summed E-state index contributed by atoms with van der Waals surface area (Å²) in [4.78, 5) is 15.7. The Labute approximate surface area is 112 Å². The van der Waals surface area contributed by atoms with E-state index in [0.717, 1.165) is 31.9 Å². The molecule has 0 aliphatic carbocycles. The number of carbonyl (C=O) groups is 1. The fourth-order valence-corrected chi connectivity index (χ4v) is 2.28. The van der Waals surface area contributed by atoms with Crippen molar-refractivity contribution in [2.45, 2.75) is 6.42 Å². The molecule has 0 radical (unpaired) electrons. The second kappa shape index (κ2) is 5.96. The molecule has 2 rings (SSSR count). The number of piperazine rings is 1. The van der Waals surface area contributed by atoms with E-state index >= 15 is 0 Å². The van der Waals surface area contributed by atoms with Gasteiger partial charge in [-0.3, -0.25) is 4.79 Å². The zero-order valence-electron chi connectivity index (χ0n) is 10.2. The molecule has 18 heavy (non-hydrogen) atoms. The second-order valence-corrected chi connectivity index (χ2v) is 4.70. The van der Waals surface area contributed by atoms with Gasteiger partial charge in [0.1, 0.15) is 5.75 Å². The number of rotatable bonds is 3. The molecule has 1 amide bonds. The molecular weight excluding hydrogens is 252 g/mol. The molecule has 4 nitrogen and oxygen atoms in total. The Morgan fingerprint density at radius 3 is 2.33 bits per heavy atom. The van der Waals surface area contributed by atoms with Crippen LogP contribution < -0.4 is 4.90 Å². The van der Waals surface area contributed by atoms with Crippen molar-refractivity contribution in [3.8, 4) is 5.75 Å². The van der Waals surface area contributed by atoms with Crippen molar-refractivity contribution in [3.63, 3.8) is 0 Å². The minimum atomic E-state index is 0.135. The normalized spacial score (nSPS) is 15.8. The minimum absolute atomic E-state index is 0.135. The third-order valence-electron chi connectivity index (χ3n) is 3.16. The minimum Gasteiger partial charge on any atom is -0.508 e. The van der Waals surface area contributed by atoms with Crippen molar-refractivity contribution >= 4 is 23.2 Å². The van der Waals surface area contributed by atoms with E-state index in [1.165, 1.54) is 0 Å². The summed E-state index contributed by atoms with van der Waals surface area (Å²) in [5, 5.41) is 9.25. The third-order valence-corrected chi connectivity index (χ3v) is 3.34. The maximum Gasteiger partial charge on any atom is 0.223 e. The molecule has 0 bridgehead atoms. The first-order valence-electron chi connectivity index (χ1n) is 6.08. The summed E-state index contributed by atoms with van der Waals surface area (Å²) < 4.78 is 0. The van der Waals surface area contributed by atoms with Crippen molar-refractivity contribution in [2.24, 2.45) is 0 Å². The van der Waals surface area contributed by atoms with Crippen molar-refractivity contribution in [1.82, 2.24) is 4.90 Å². The molecule has 5 heteroatoms. The predicted molar refractivity (Wildman–Crippen MR) is 72.2 cm³/mol. The van der Waals surface area contributed by atoms with Gasteiger partial charge < -0.3 is 14.9 Å². The van der Waals surface area contributed by atoms with Crippen molar-refractivity contribution in [3.05, 3.63) is 24.3 Å². The number of aromatic hydroxyl groups is 1. The fraction of sp³-hybridized carbons (Fsp3) is 0.462. The van der Waals surface area contributed by atoms with Crippen LogP contribution in [0.3, 0.4) is 0 Å². The standard InChI is InChI=1S/C13H17ClN2O2/c14-6-5-13(18)16-9-7-15(8-10-16)11-1-3-12(17)4-2-11/h1-4,17H,5-10H2. The number of nitrogens with zero attached hydrogens (tertiary/aromatic N) is 2. The molecule has 0 saturated carbocycles. The molecule has 1 N–H and O–H groups in total. The first-order valence-corrected chi connectivity index (χ1v) is 6.62. The Morgan fingerprint density at radius 1 is 1.17 bits per heavy atom. The van der Waals surface area contributed by atoms with Crippen LogP contribution in [0.5, 0.6) is 5.75 Å². The number of alkyl halides is 1. The maximum atomic E-state index is 11.7. The van der Waals surface area contributed by atoms with Gasteiger partial charge in [0.25, 0.3) is 0 Å². The smallest absolute Gasteiger partial charge is 0.223 e. The van der Waals surface area contributed by atoms with Gasteiger partial charge in [0.05, 0.1) is 0 Å². The van der Waals surface area contributed by atoms with Crippen LogP contribution in [0.1, 0.15) is 6.42 Å². The van der Waals surface area contributed by atoms with E-state index in [0.29, 0.717) is 12.3 Å². The van der Waals surface area contributed by atoms with Gasteiger partial charge in [-0.05, 0) is 24.3 Å². The second-order valence-electron chi connectivity index (χ2n) is 4.32. The van der Waals surface area contributed by atoms with E-state index in [-0.39, 0.29) is 11.7 Å². The topological polar surface area (TPSA) is 43.8 Å². The third kappa shape index (κ3) is 3.07. The Morgan fingerprint density at radius 2 is 1.78 bits per heavy atom. The largest absolute Gasteiger partial charge is 0.508 e. The number of phenols is 1. The predicted octanol–water partition coefficient (Wildman–Crippen LogP) is 1.67. The van der Waals surface area contributed by atoms with Crippen LogP contribution in [0.15, 0.2) is 24.3 Å². The summed E-state index contributed by atoms with van der Waals surface area (Å²) in [6.07, 6.45) is 0.417. The van der Waals surface area contributed by atoms with Crippen molar-refractivity contribution < 1.29 is 9.90 Å². The SMILES string of the molecule is O=C(CCCl)N1CCN(c2ccc(O)cc2)CC1. The van der Waals surface area contributed by atoms with Crippen molar-refractivity contribution in [1.29, 1.82) is 0 Å². The average molecular weight is 269 g/mol. The molecule has 1 aromatic rings. The van der Waals surface area contributed by atoms with Gasteiger partial charge in [0.15, 0.2) is 0 Å². The molecule has 0 aromatic heterocycles. The van der Waals surface area contributed by atoms with Gasteiger partial charge in [0, 0.05) is 44.2 Å². The molecule has 1 saturated heterocycles. The van der Waals surface area contributed by atoms with Crippen LogP contribution in [0.4, 0.5) is 5.69 Å². The summed E-state index contributed by atoms with van der Waals surface area (Å²) in [5.74, 6) is 0.793. The van der Waals surface area contributed by atoms with E-state index in [1.807, 2.05) is 17.0 Å². The summed E-state index contributed by atoms with van der Waals surface area (Å²) >= 11 is 5.57. The van der Waals surface area contributed by atoms with E-state index in [2.05, 4.69) is 4.90 Å². The monoisotopic (exact) mass is 268 g/mol. The van der Waals surface area contributed by atoms with Crippen LogP contribution in [-0.2, 0) is 4.79 Å².